The highest BCUT2D eigenvalue weighted by molar-refractivity contribution is 6.20. The third kappa shape index (κ3) is 3.45. The zero-order valence-corrected chi connectivity index (χ0v) is 15.3. The molecule has 1 heterocycles. The zero-order valence-electron chi connectivity index (χ0n) is 15.3. The summed E-state index contributed by atoms with van der Waals surface area (Å²) in [7, 11) is 0. The van der Waals surface area contributed by atoms with Gasteiger partial charge >= 0.3 is 5.97 Å². The Hall–Kier alpha value is -3.29. The number of halogens is 2. The van der Waals surface area contributed by atoms with Crippen molar-refractivity contribution in [3.63, 3.8) is 0 Å². The van der Waals surface area contributed by atoms with Crippen molar-refractivity contribution < 1.29 is 27.9 Å². The van der Waals surface area contributed by atoms with Gasteiger partial charge in [0.2, 0.25) is 11.8 Å². The lowest BCUT2D eigenvalue weighted by Gasteiger charge is -2.15. The highest BCUT2D eigenvalue weighted by Gasteiger charge is 2.42. The zero-order chi connectivity index (χ0) is 20.4. The van der Waals surface area contributed by atoms with Crippen LogP contribution in [0.25, 0.3) is 0 Å². The molecular weight excluding hydrogens is 370 g/mol. The average Bonchev–Trinajstić information content (AvgIpc) is 2.94. The maximum absolute atomic E-state index is 13.9. The Morgan fingerprint density at radius 2 is 1.89 bits per heavy atom. The molecule has 0 aromatic heterocycles. The first-order valence-electron chi connectivity index (χ1n) is 8.75. The molecule has 8 heteroatoms. The molecule has 0 bridgehead atoms. The molecule has 0 saturated carbocycles. The Labute approximate surface area is 160 Å². The topological polar surface area (TPSA) is 75.7 Å². The van der Waals surface area contributed by atoms with E-state index in [0.717, 1.165) is 12.1 Å². The SMILES string of the molecule is CCOC(=O)c1ccc2c(c1)C(C(=O)Nc1ccc(F)cc1F)C(=O)N2CC. The monoisotopic (exact) mass is 388 g/mol. The number of esters is 1. The number of hydrogen-bond acceptors (Lipinski definition) is 4. The van der Waals surface area contributed by atoms with Crippen LogP contribution in [0, 0.1) is 11.6 Å². The second kappa shape index (κ2) is 7.75. The number of fused-ring (bicyclic) bond motifs is 1. The number of likely N-dealkylation sites (N-methyl/N-ethyl adjacent to an activating group) is 1. The molecule has 0 aliphatic carbocycles. The van der Waals surface area contributed by atoms with E-state index in [1.807, 2.05) is 0 Å². The molecule has 2 amide bonds. The molecule has 0 saturated heterocycles. The fourth-order valence-electron chi connectivity index (χ4n) is 3.16. The minimum absolute atomic E-state index is 0.184. The van der Waals surface area contributed by atoms with Gasteiger partial charge in [0.05, 0.1) is 17.9 Å². The molecule has 3 rings (SSSR count). The molecule has 146 valence electrons. The van der Waals surface area contributed by atoms with Crippen molar-refractivity contribution in [3.05, 3.63) is 59.2 Å². The van der Waals surface area contributed by atoms with Crippen molar-refractivity contribution in [2.45, 2.75) is 19.8 Å². The van der Waals surface area contributed by atoms with E-state index < -0.39 is 35.3 Å². The summed E-state index contributed by atoms with van der Waals surface area (Å²) in [5.74, 6) is -4.82. The van der Waals surface area contributed by atoms with Crippen LogP contribution in [0.15, 0.2) is 36.4 Å². The minimum atomic E-state index is -1.26. The summed E-state index contributed by atoms with van der Waals surface area (Å²) in [4.78, 5) is 39.0. The van der Waals surface area contributed by atoms with Crippen LogP contribution < -0.4 is 10.2 Å². The standard InChI is InChI=1S/C20H18F2N2O4/c1-3-24-16-8-5-11(20(27)28-4-2)9-13(16)17(19(24)26)18(25)23-15-7-6-12(21)10-14(15)22/h5-10,17H,3-4H2,1-2H3,(H,23,25). The van der Waals surface area contributed by atoms with E-state index in [1.165, 1.54) is 17.0 Å². The molecule has 1 unspecified atom stereocenters. The number of anilines is 2. The van der Waals surface area contributed by atoms with Gasteiger partial charge in [0, 0.05) is 18.3 Å². The summed E-state index contributed by atoms with van der Waals surface area (Å²) in [5.41, 5.74) is 0.798. The van der Waals surface area contributed by atoms with Gasteiger partial charge in [-0.3, -0.25) is 9.59 Å². The van der Waals surface area contributed by atoms with Gasteiger partial charge in [-0.1, -0.05) is 0 Å². The molecule has 0 radical (unpaired) electrons. The minimum Gasteiger partial charge on any atom is -0.462 e. The number of carbonyl (C=O) groups is 3. The molecule has 0 spiro atoms. The molecule has 1 aliphatic heterocycles. The maximum Gasteiger partial charge on any atom is 0.338 e. The van der Waals surface area contributed by atoms with Gasteiger partial charge in [-0.15, -0.1) is 0 Å². The molecule has 28 heavy (non-hydrogen) atoms. The van der Waals surface area contributed by atoms with Crippen molar-refractivity contribution >= 4 is 29.2 Å². The van der Waals surface area contributed by atoms with Gasteiger partial charge in [-0.25, -0.2) is 13.6 Å². The Morgan fingerprint density at radius 3 is 2.54 bits per heavy atom. The number of benzene rings is 2. The fourth-order valence-corrected chi connectivity index (χ4v) is 3.16. The van der Waals surface area contributed by atoms with Crippen LogP contribution in [-0.2, 0) is 14.3 Å². The van der Waals surface area contributed by atoms with Crippen LogP contribution in [0.3, 0.4) is 0 Å². The number of carbonyl (C=O) groups excluding carboxylic acids is 3. The quantitative estimate of drug-likeness (QED) is 0.630. The normalized spacial score (nSPS) is 15.4. The van der Waals surface area contributed by atoms with Crippen LogP contribution >= 0.6 is 0 Å². The third-order valence-electron chi connectivity index (χ3n) is 4.42. The largest absolute Gasteiger partial charge is 0.462 e. The van der Waals surface area contributed by atoms with Gasteiger partial charge < -0.3 is 15.0 Å². The Kier molecular flexibility index (Phi) is 5.39. The van der Waals surface area contributed by atoms with E-state index in [9.17, 15) is 23.2 Å². The first kappa shape index (κ1) is 19.5. The molecule has 2 aromatic rings. The second-order valence-corrected chi connectivity index (χ2v) is 6.12. The number of hydrogen-bond donors (Lipinski definition) is 1. The number of nitrogens with one attached hydrogen (secondary N) is 1. The van der Waals surface area contributed by atoms with Crippen molar-refractivity contribution in [3.8, 4) is 0 Å². The van der Waals surface area contributed by atoms with Crippen LogP contribution in [0.4, 0.5) is 20.2 Å². The predicted octanol–water partition coefficient (Wildman–Crippen LogP) is 3.23. The predicted molar refractivity (Wildman–Crippen MR) is 98.2 cm³/mol. The van der Waals surface area contributed by atoms with Crippen molar-refractivity contribution in [2.24, 2.45) is 0 Å². The number of rotatable bonds is 5. The number of nitrogens with zero attached hydrogens (tertiary/aromatic N) is 1. The summed E-state index contributed by atoms with van der Waals surface area (Å²) in [6.45, 7) is 3.92. The Bertz CT molecular complexity index is 961. The van der Waals surface area contributed by atoms with E-state index in [4.69, 9.17) is 4.74 Å². The molecular formula is C20H18F2N2O4. The van der Waals surface area contributed by atoms with E-state index in [0.29, 0.717) is 23.9 Å². The first-order chi connectivity index (χ1) is 13.4. The summed E-state index contributed by atoms with van der Waals surface area (Å²) in [5, 5.41) is 2.32. The van der Waals surface area contributed by atoms with Crippen LogP contribution in [0.1, 0.15) is 35.7 Å². The van der Waals surface area contributed by atoms with Crippen molar-refractivity contribution in [1.29, 1.82) is 0 Å². The molecule has 2 aromatic carbocycles. The lowest BCUT2D eigenvalue weighted by molar-refractivity contribution is -0.126. The summed E-state index contributed by atoms with van der Waals surface area (Å²) in [6.07, 6.45) is 0. The smallest absolute Gasteiger partial charge is 0.338 e. The summed E-state index contributed by atoms with van der Waals surface area (Å²) >= 11 is 0. The van der Waals surface area contributed by atoms with Gasteiger partial charge in [-0.05, 0) is 49.7 Å². The van der Waals surface area contributed by atoms with E-state index in [1.54, 1.807) is 19.9 Å². The second-order valence-electron chi connectivity index (χ2n) is 6.12. The van der Waals surface area contributed by atoms with Gasteiger partial charge in [0.1, 0.15) is 17.6 Å². The molecule has 1 atom stereocenters. The molecule has 1 N–H and O–H groups in total. The lowest BCUT2D eigenvalue weighted by atomic mass is 9.97. The lowest BCUT2D eigenvalue weighted by Crippen LogP contribution is -2.33. The van der Waals surface area contributed by atoms with Crippen molar-refractivity contribution in [1.82, 2.24) is 0 Å². The molecule has 6 nitrogen and oxygen atoms in total. The van der Waals surface area contributed by atoms with Crippen molar-refractivity contribution in [2.75, 3.05) is 23.4 Å². The highest BCUT2D eigenvalue weighted by atomic mass is 19.1. The Morgan fingerprint density at radius 1 is 1.14 bits per heavy atom. The number of amides is 2. The first-order valence-corrected chi connectivity index (χ1v) is 8.75. The third-order valence-corrected chi connectivity index (χ3v) is 4.42. The number of ether oxygens (including phenoxy) is 1. The molecule has 0 fully saturated rings. The maximum atomic E-state index is 13.9. The van der Waals surface area contributed by atoms with E-state index >= 15 is 0 Å². The van der Waals surface area contributed by atoms with Gasteiger partial charge in [0.15, 0.2) is 0 Å². The Balaban J connectivity index is 1.97. The van der Waals surface area contributed by atoms with Gasteiger partial charge in [0.25, 0.3) is 0 Å². The van der Waals surface area contributed by atoms with Gasteiger partial charge in [-0.2, -0.15) is 0 Å². The van der Waals surface area contributed by atoms with E-state index in [-0.39, 0.29) is 17.9 Å². The van der Waals surface area contributed by atoms with Crippen LogP contribution in [-0.4, -0.2) is 30.9 Å². The highest BCUT2D eigenvalue weighted by Crippen LogP contribution is 2.38. The fraction of sp³-hybridized carbons (Fsp3) is 0.250. The van der Waals surface area contributed by atoms with E-state index in [2.05, 4.69) is 5.32 Å². The van der Waals surface area contributed by atoms with Crippen LogP contribution in [0.5, 0.6) is 0 Å². The van der Waals surface area contributed by atoms with Crippen LogP contribution in [0.2, 0.25) is 0 Å². The summed E-state index contributed by atoms with van der Waals surface area (Å²) < 4.78 is 31.9. The average molecular weight is 388 g/mol. The molecule has 1 aliphatic rings. The summed E-state index contributed by atoms with van der Waals surface area (Å²) in [6, 6.07) is 7.25.